The van der Waals surface area contributed by atoms with Gasteiger partial charge in [0.15, 0.2) is 0 Å². The number of ether oxygens (including phenoxy) is 1. The maximum Gasteiger partial charge on any atom is 0.119 e. The van der Waals surface area contributed by atoms with Crippen LogP contribution in [0, 0.1) is 0 Å². The van der Waals surface area contributed by atoms with Gasteiger partial charge in [-0.05, 0) is 49.3 Å². The van der Waals surface area contributed by atoms with Crippen LogP contribution in [0.4, 0.5) is 0 Å². The monoisotopic (exact) mass is 398 g/mol. The highest BCUT2D eigenvalue weighted by molar-refractivity contribution is 5.29. The summed E-state index contributed by atoms with van der Waals surface area (Å²) in [6.45, 7) is 7.70. The van der Waals surface area contributed by atoms with E-state index in [1.165, 1.54) is 69.8 Å². The number of imidazole rings is 1. The summed E-state index contributed by atoms with van der Waals surface area (Å²) in [5.41, 5.74) is 1.42. The van der Waals surface area contributed by atoms with Crippen molar-refractivity contribution in [2.75, 3.05) is 6.61 Å². The van der Waals surface area contributed by atoms with Gasteiger partial charge in [0.1, 0.15) is 11.6 Å². The number of unbranched alkanes of at least 4 members (excludes halogenated alkanes) is 6. The number of benzene rings is 1. The molecule has 0 saturated carbocycles. The highest BCUT2D eigenvalue weighted by Crippen LogP contribution is 2.28. The zero-order valence-electron chi connectivity index (χ0n) is 19.0. The summed E-state index contributed by atoms with van der Waals surface area (Å²) in [5, 5.41) is 0. The van der Waals surface area contributed by atoms with Crippen LogP contribution in [-0.4, -0.2) is 16.6 Å². The van der Waals surface area contributed by atoms with Crippen LogP contribution in [0.5, 0.6) is 5.75 Å². The number of aromatic amines is 1. The van der Waals surface area contributed by atoms with Crippen LogP contribution < -0.4 is 4.74 Å². The van der Waals surface area contributed by atoms with E-state index < -0.39 is 0 Å². The lowest BCUT2D eigenvalue weighted by atomic mass is 9.91. The minimum atomic E-state index is 0.555. The van der Waals surface area contributed by atoms with Crippen molar-refractivity contribution in [2.24, 2.45) is 0 Å². The summed E-state index contributed by atoms with van der Waals surface area (Å²) in [4.78, 5) is 7.71. The van der Waals surface area contributed by atoms with Gasteiger partial charge in [-0.15, -0.1) is 0 Å². The molecule has 0 aliphatic rings. The Kier molecular flexibility index (Phi) is 11.6. The molecule has 1 aromatic carbocycles. The number of aromatic nitrogens is 2. The number of rotatable bonds is 16. The van der Waals surface area contributed by atoms with E-state index in [4.69, 9.17) is 4.74 Å². The van der Waals surface area contributed by atoms with E-state index in [0.717, 1.165) is 24.6 Å². The molecule has 2 atom stereocenters. The fraction of sp³-hybridized carbons (Fsp3) is 0.654. The Bertz CT molecular complexity index is 621. The van der Waals surface area contributed by atoms with Crippen LogP contribution in [0.15, 0.2) is 36.7 Å². The van der Waals surface area contributed by atoms with Gasteiger partial charge in [0.25, 0.3) is 0 Å². The summed E-state index contributed by atoms with van der Waals surface area (Å²) < 4.78 is 5.93. The molecular weight excluding hydrogens is 356 g/mol. The first-order valence-electron chi connectivity index (χ1n) is 12.0. The number of hydrogen-bond donors (Lipinski definition) is 1. The molecule has 2 unspecified atom stereocenters. The molecule has 1 aromatic heterocycles. The molecule has 3 heteroatoms. The SMILES string of the molecule is CCCCCCCCCOc1ccc(C(C)CCCC(CC)c2ncc[nH]2)cc1. The van der Waals surface area contributed by atoms with Crippen LogP contribution in [-0.2, 0) is 0 Å². The largest absolute Gasteiger partial charge is 0.494 e. The molecule has 1 N–H and O–H groups in total. The van der Waals surface area contributed by atoms with Gasteiger partial charge in [0.2, 0.25) is 0 Å². The van der Waals surface area contributed by atoms with E-state index in [9.17, 15) is 0 Å². The lowest BCUT2D eigenvalue weighted by Crippen LogP contribution is -2.02. The smallest absolute Gasteiger partial charge is 0.119 e. The zero-order chi connectivity index (χ0) is 20.7. The first-order chi connectivity index (χ1) is 14.2. The summed E-state index contributed by atoms with van der Waals surface area (Å²) in [7, 11) is 0. The molecule has 0 bridgehead atoms. The van der Waals surface area contributed by atoms with E-state index in [-0.39, 0.29) is 0 Å². The molecule has 29 heavy (non-hydrogen) atoms. The van der Waals surface area contributed by atoms with Crippen molar-refractivity contribution < 1.29 is 4.74 Å². The van der Waals surface area contributed by atoms with E-state index in [1.807, 2.05) is 12.4 Å². The van der Waals surface area contributed by atoms with E-state index in [2.05, 4.69) is 55.0 Å². The van der Waals surface area contributed by atoms with E-state index >= 15 is 0 Å². The fourth-order valence-electron chi connectivity index (χ4n) is 4.01. The summed E-state index contributed by atoms with van der Waals surface area (Å²) in [6, 6.07) is 8.78. The van der Waals surface area contributed by atoms with Crippen molar-refractivity contribution in [1.29, 1.82) is 0 Å². The van der Waals surface area contributed by atoms with Crippen LogP contribution in [0.1, 0.15) is 115 Å². The second kappa shape index (κ2) is 14.3. The molecule has 0 fully saturated rings. The van der Waals surface area contributed by atoms with Gasteiger partial charge in [-0.2, -0.15) is 0 Å². The van der Waals surface area contributed by atoms with Crippen LogP contribution >= 0.6 is 0 Å². The topological polar surface area (TPSA) is 37.9 Å². The molecule has 162 valence electrons. The minimum absolute atomic E-state index is 0.555. The van der Waals surface area contributed by atoms with Crippen molar-refractivity contribution in [2.45, 2.75) is 103 Å². The number of nitrogens with one attached hydrogen (secondary N) is 1. The standard InChI is InChI=1S/C26H42N2O/c1-4-6-7-8-9-10-11-21-29-25-17-15-24(16-18-25)22(3)13-12-14-23(5-2)26-27-19-20-28-26/h15-20,22-23H,4-14,21H2,1-3H3,(H,27,28). The van der Waals surface area contributed by atoms with Crippen molar-refractivity contribution in [3.8, 4) is 5.75 Å². The van der Waals surface area contributed by atoms with Gasteiger partial charge in [0.05, 0.1) is 6.61 Å². The Morgan fingerprint density at radius 1 is 0.897 bits per heavy atom. The molecule has 0 amide bonds. The highest BCUT2D eigenvalue weighted by atomic mass is 16.5. The van der Waals surface area contributed by atoms with Gasteiger partial charge in [-0.3, -0.25) is 0 Å². The number of hydrogen-bond acceptors (Lipinski definition) is 2. The third-order valence-corrected chi connectivity index (χ3v) is 6.05. The third kappa shape index (κ3) is 9.06. The van der Waals surface area contributed by atoms with E-state index in [0.29, 0.717) is 11.8 Å². The van der Waals surface area contributed by atoms with Crippen LogP contribution in [0.3, 0.4) is 0 Å². The average Bonchev–Trinajstić information content (AvgIpc) is 3.28. The van der Waals surface area contributed by atoms with Gasteiger partial charge in [0, 0.05) is 18.3 Å². The van der Waals surface area contributed by atoms with Crippen LogP contribution in [0.2, 0.25) is 0 Å². The summed E-state index contributed by atoms with van der Waals surface area (Å²) >= 11 is 0. The Morgan fingerprint density at radius 2 is 1.62 bits per heavy atom. The first kappa shape index (κ1) is 23.5. The molecule has 0 radical (unpaired) electrons. The molecule has 3 nitrogen and oxygen atoms in total. The predicted molar refractivity (Wildman–Crippen MR) is 124 cm³/mol. The molecule has 0 aliphatic heterocycles. The zero-order valence-corrected chi connectivity index (χ0v) is 19.0. The number of H-pyrrole nitrogens is 1. The second-order valence-corrected chi connectivity index (χ2v) is 8.45. The molecule has 0 aliphatic carbocycles. The maximum absolute atomic E-state index is 5.93. The van der Waals surface area contributed by atoms with Gasteiger partial charge < -0.3 is 9.72 Å². The highest BCUT2D eigenvalue weighted by Gasteiger charge is 2.13. The van der Waals surface area contributed by atoms with Gasteiger partial charge >= 0.3 is 0 Å². The van der Waals surface area contributed by atoms with Crippen molar-refractivity contribution in [3.63, 3.8) is 0 Å². The minimum Gasteiger partial charge on any atom is -0.494 e. The Balaban J connectivity index is 1.62. The molecule has 1 heterocycles. The molecule has 0 saturated heterocycles. The lowest BCUT2D eigenvalue weighted by molar-refractivity contribution is 0.304. The summed E-state index contributed by atoms with van der Waals surface area (Å²) in [6.07, 6.45) is 17.8. The number of nitrogens with zero attached hydrogens (tertiary/aromatic N) is 1. The molecule has 2 rings (SSSR count). The van der Waals surface area contributed by atoms with Crippen molar-refractivity contribution in [3.05, 3.63) is 48.0 Å². The molecule has 2 aromatic rings. The maximum atomic E-state index is 5.93. The Morgan fingerprint density at radius 3 is 2.28 bits per heavy atom. The van der Waals surface area contributed by atoms with Crippen molar-refractivity contribution in [1.82, 2.24) is 9.97 Å². The second-order valence-electron chi connectivity index (χ2n) is 8.45. The first-order valence-corrected chi connectivity index (χ1v) is 12.0. The van der Waals surface area contributed by atoms with Crippen molar-refractivity contribution >= 4 is 0 Å². The van der Waals surface area contributed by atoms with Gasteiger partial charge in [-0.25, -0.2) is 4.98 Å². The summed E-state index contributed by atoms with van der Waals surface area (Å²) in [5.74, 6) is 3.29. The average molecular weight is 399 g/mol. The normalized spacial score (nSPS) is 13.3. The van der Waals surface area contributed by atoms with Crippen LogP contribution in [0.25, 0.3) is 0 Å². The quantitative estimate of drug-likeness (QED) is 0.291. The molecular formula is C26H42N2O. The van der Waals surface area contributed by atoms with Gasteiger partial charge in [-0.1, -0.05) is 77.8 Å². The molecule has 0 spiro atoms. The van der Waals surface area contributed by atoms with E-state index in [1.54, 1.807) is 0 Å². The Labute approximate surface area is 178 Å². The third-order valence-electron chi connectivity index (χ3n) is 6.05. The fourth-order valence-corrected chi connectivity index (χ4v) is 4.01. The Hall–Kier alpha value is -1.77. The lowest BCUT2D eigenvalue weighted by Gasteiger charge is -2.16. The predicted octanol–water partition coefficient (Wildman–Crippen LogP) is 8.01.